The number of carbonyl (C=O) groups excluding carboxylic acids is 1. The number of para-hydroxylation sites is 1. The molecular weight excluding hydrogens is 231 g/mol. The molecule has 18 heavy (non-hydrogen) atoms. The maximum atomic E-state index is 13.1. The SMILES string of the molecule is CCOc1ccccc1C(=O)c1cccc(F)c1. The first-order valence-electron chi connectivity index (χ1n) is 5.74. The first-order valence-corrected chi connectivity index (χ1v) is 5.74. The van der Waals surface area contributed by atoms with Gasteiger partial charge >= 0.3 is 0 Å². The molecule has 0 heterocycles. The van der Waals surface area contributed by atoms with Crippen LogP contribution in [0.15, 0.2) is 48.5 Å². The summed E-state index contributed by atoms with van der Waals surface area (Å²) in [7, 11) is 0. The molecule has 0 unspecified atom stereocenters. The number of carbonyl (C=O) groups is 1. The third kappa shape index (κ3) is 2.56. The largest absolute Gasteiger partial charge is 0.493 e. The molecule has 0 radical (unpaired) electrons. The number of benzene rings is 2. The summed E-state index contributed by atoms with van der Waals surface area (Å²) in [5.41, 5.74) is 0.770. The van der Waals surface area contributed by atoms with E-state index in [0.29, 0.717) is 23.5 Å². The van der Waals surface area contributed by atoms with Gasteiger partial charge < -0.3 is 4.74 Å². The van der Waals surface area contributed by atoms with E-state index in [1.165, 1.54) is 18.2 Å². The van der Waals surface area contributed by atoms with Gasteiger partial charge in [0.1, 0.15) is 11.6 Å². The third-order valence-corrected chi connectivity index (χ3v) is 2.52. The maximum absolute atomic E-state index is 13.1. The number of halogens is 1. The van der Waals surface area contributed by atoms with Crippen LogP contribution in [0.5, 0.6) is 5.75 Å². The van der Waals surface area contributed by atoms with Crippen molar-refractivity contribution in [1.82, 2.24) is 0 Å². The number of ketones is 1. The second kappa shape index (κ2) is 5.45. The zero-order valence-corrected chi connectivity index (χ0v) is 10.0. The Balaban J connectivity index is 2.40. The van der Waals surface area contributed by atoms with Gasteiger partial charge in [-0.2, -0.15) is 0 Å². The van der Waals surface area contributed by atoms with E-state index in [9.17, 15) is 9.18 Å². The van der Waals surface area contributed by atoms with Crippen LogP contribution in [0.4, 0.5) is 4.39 Å². The van der Waals surface area contributed by atoms with E-state index in [1.54, 1.807) is 30.3 Å². The van der Waals surface area contributed by atoms with Crippen LogP contribution in [-0.2, 0) is 0 Å². The van der Waals surface area contributed by atoms with Crippen molar-refractivity contribution < 1.29 is 13.9 Å². The highest BCUT2D eigenvalue weighted by Crippen LogP contribution is 2.21. The van der Waals surface area contributed by atoms with Gasteiger partial charge in [0.15, 0.2) is 5.78 Å². The van der Waals surface area contributed by atoms with E-state index in [1.807, 2.05) is 6.92 Å². The summed E-state index contributed by atoms with van der Waals surface area (Å²) in [6.07, 6.45) is 0. The molecule has 0 bridgehead atoms. The summed E-state index contributed by atoms with van der Waals surface area (Å²) in [5, 5.41) is 0. The molecule has 0 aliphatic carbocycles. The predicted molar refractivity (Wildman–Crippen MR) is 67.4 cm³/mol. The van der Waals surface area contributed by atoms with Crippen molar-refractivity contribution in [3.8, 4) is 5.75 Å². The summed E-state index contributed by atoms with van der Waals surface area (Å²) in [4.78, 5) is 12.2. The Bertz CT molecular complexity index is 564. The molecule has 2 aromatic rings. The molecule has 2 rings (SSSR count). The highest BCUT2D eigenvalue weighted by molar-refractivity contribution is 6.10. The molecule has 0 aliphatic heterocycles. The minimum Gasteiger partial charge on any atom is -0.493 e. The highest BCUT2D eigenvalue weighted by Gasteiger charge is 2.14. The number of hydrogen-bond acceptors (Lipinski definition) is 2. The van der Waals surface area contributed by atoms with E-state index in [2.05, 4.69) is 0 Å². The van der Waals surface area contributed by atoms with E-state index >= 15 is 0 Å². The van der Waals surface area contributed by atoms with Crippen molar-refractivity contribution in [3.05, 3.63) is 65.5 Å². The molecule has 0 saturated heterocycles. The molecule has 0 spiro atoms. The summed E-state index contributed by atoms with van der Waals surface area (Å²) in [6, 6.07) is 12.6. The van der Waals surface area contributed by atoms with Gasteiger partial charge in [-0.15, -0.1) is 0 Å². The molecule has 0 amide bonds. The predicted octanol–water partition coefficient (Wildman–Crippen LogP) is 3.46. The van der Waals surface area contributed by atoms with Crippen LogP contribution in [0.1, 0.15) is 22.8 Å². The lowest BCUT2D eigenvalue weighted by Gasteiger charge is -2.09. The number of rotatable bonds is 4. The second-order valence-electron chi connectivity index (χ2n) is 3.77. The smallest absolute Gasteiger partial charge is 0.196 e. The van der Waals surface area contributed by atoms with Gasteiger partial charge in [-0.1, -0.05) is 24.3 Å². The molecule has 0 atom stereocenters. The lowest BCUT2D eigenvalue weighted by atomic mass is 10.0. The van der Waals surface area contributed by atoms with E-state index in [0.717, 1.165) is 0 Å². The fourth-order valence-corrected chi connectivity index (χ4v) is 1.72. The highest BCUT2D eigenvalue weighted by atomic mass is 19.1. The quantitative estimate of drug-likeness (QED) is 0.770. The zero-order chi connectivity index (χ0) is 13.0. The van der Waals surface area contributed by atoms with E-state index in [4.69, 9.17) is 4.74 Å². The minimum atomic E-state index is -0.422. The molecule has 3 heteroatoms. The van der Waals surface area contributed by atoms with Crippen LogP contribution in [0, 0.1) is 5.82 Å². The molecule has 92 valence electrons. The normalized spacial score (nSPS) is 10.1. The van der Waals surface area contributed by atoms with Crippen molar-refractivity contribution >= 4 is 5.78 Å². The van der Waals surface area contributed by atoms with E-state index < -0.39 is 5.82 Å². The average molecular weight is 244 g/mol. The first kappa shape index (κ1) is 12.3. The van der Waals surface area contributed by atoms with Crippen LogP contribution < -0.4 is 4.74 Å². The fraction of sp³-hybridized carbons (Fsp3) is 0.133. The van der Waals surface area contributed by atoms with Crippen molar-refractivity contribution in [2.75, 3.05) is 6.61 Å². The summed E-state index contributed by atoms with van der Waals surface area (Å²) >= 11 is 0. The van der Waals surface area contributed by atoms with Crippen LogP contribution in [-0.4, -0.2) is 12.4 Å². The molecule has 0 N–H and O–H groups in total. The van der Waals surface area contributed by atoms with Crippen LogP contribution >= 0.6 is 0 Å². The van der Waals surface area contributed by atoms with Crippen molar-refractivity contribution in [3.63, 3.8) is 0 Å². The summed E-state index contributed by atoms with van der Waals surface area (Å²) in [5.74, 6) is -0.137. The Morgan fingerprint density at radius 3 is 2.67 bits per heavy atom. The topological polar surface area (TPSA) is 26.3 Å². The van der Waals surface area contributed by atoms with Crippen molar-refractivity contribution in [2.45, 2.75) is 6.92 Å². The average Bonchev–Trinajstić information content (AvgIpc) is 2.39. The fourth-order valence-electron chi connectivity index (χ4n) is 1.72. The van der Waals surface area contributed by atoms with Crippen molar-refractivity contribution in [2.24, 2.45) is 0 Å². The number of hydrogen-bond donors (Lipinski definition) is 0. The van der Waals surface area contributed by atoms with Crippen LogP contribution in [0.25, 0.3) is 0 Å². The monoisotopic (exact) mass is 244 g/mol. The summed E-state index contributed by atoms with van der Waals surface area (Å²) in [6.45, 7) is 2.33. The Kier molecular flexibility index (Phi) is 3.72. The summed E-state index contributed by atoms with van der Waals surface area (Å²) < 4.78 is 18.5. The molecule has 0 aromatic heterocycles. The van der Waals surface area contributed by atoms with Gasteiger partial charge in [-0.3, -0.25) is 4.79 Å². The molecule has 0 aliphatic rings. The lowest BCUT2D eigenvalue weighted by Crippen LogP contribution is -2.05. The first-order chi connectivity index (χ1) is 8.72. The van der Waals surface area contributed by atoms with E-state index in [-0.39, 0.29) is 5.78 Å². The van der Waals surface area contributed by atoms with Crippen LogP contribution in [0.2, 0.25) is 0 Å². The maximum Gasteiger partial charge on any atom is 0.196 e. The lowest BCUT2D eigenvalue weighted by molar-refractivity contribution is 0.103. The molecule has 2 nitrogen and oxygen atoms in total. The van der Waals surface area contributed by atoms with Crippen LogP contribution in [0.3, 0.4) is 0 Å². The Morgan fingerprint density at radius 1 is 1.17 bits per heavy atom. The van der Waals surface area contributed by atoms with Gasteiger partial charge in [0.25, 0.3) is 0 Å². The molecular formula is C15H13FO2. The molecule has 2 aromatic carbocycles. The Morgan fingerprint density at radius 2 is 1.94 bits per heavy atom. The molecule has 0 saturated carbocycles. The van der Waals surface area contributed by atoms with Gasteiger partial charge in [0.05, 0.1) is 12.2 Å². The Hall–Kier alpha value is -2.16. The van der Waals surface area contributed by atoms with Gasteiger partial charge in [-0.05, 0) is 31.2 Å². The second-order valence-corrected chi connectivity index (χ2v) is 3.77. The Labute approximate surface area is 105 Å². The minimum absolute atomic E-state index is 0.237. The third-order valence-electron chi connectivity index (χ3n) is 2.52. The van der Waals surface area contributed by atoms with Gasteiger partial charge in [0, 0.05) is 5.56 Å². The van der Waals surface area contributed by atoms with Gasteiger partial charge in [0.2, 0.25) is 0 Å². The van der Waals surface area contributed by atoms with Gasteiger partial charge in [-0.25, -0.2) is 4.39 Å². The molecule has 0 fully saturated rings. The number of ether oxygens (including phenoxy) is 1. The zero-order valence-electron chi connectivity index (χ0n) is 10.0. The standard InChI is InChI=1S/C15H13FO2/c1-2-18-14-9-4-3-8-13(14)15(17)11-6-5-7-12(16)10-11/h3-10H,2H2,1H3. The van der Waals surface area contributed by atoms with Crippen molar-refractivity contribution in [1.29, 1.82) is 0 Å².